The quantitative estimate of drug-likeness (QED) is 0.199. The number of aliphatic hydroxyl groups is 1. The highest BCUT2D eigenvalue weighted by Gasteiger charge is 2.21. The number of imidazole rings is 1. The minimum atomic E-state index is -0.683. The van der Waals surface area contributed by atoms with E-state index in [1.165, 1.54) is 12.5 Å². The fraction of sp³-hybridized carbons (Fsp3) is 0.357. The summed E-state index contributed by atoms with van der Waals surface area (Å²) in [4.78, 5) is 19.5. The summed E-state index contributed by atoms with van der Waals surface area (Å²) in [5.41, 5.74) is 4.52. The summed E-state index contributed by atoms with van der Waals surface area (Å²) in [6.07, 6.45) is 10.4. The fourth-order valence-electron chi connectivity index (χ4n) is 5.14. The van der Waals surface area contributed by atoms with Crippen molar-refractivity contribution >= 4 is 33.4 Å². The molecule has 5 heterocycles. The number of H-pyrrole nitrogens is 2. The number of nitrogens with zero attached hydrogens (tertiary/aromatic N) is 5. The summed E-state index contributed by atoms with van der Waals surface area (Å²) in [6, 6.07) is 6.93. The molecular weight excluding hydrogens is 483 g/mol. The number of fused-ring (bicyclic) bond motifs is 2. The second-order valence-corrected chi connectivity index (χ2v) is 9.88. The second-order valence-electron chi connectivity index (χ2n) is 9.88. The SMILES string of the molecule is CCCCC(O)Nc1cncc(-c2cc3c(-c4nc5c(N6CCCCC6)nccc5[nH]4)n[nH]c3cc2F)c1. The van der Waals surface area contributed by atoms with E-state index in [2.05, 4.69) is 42.3 Å². The van der Waals surface area contributed by atoms with Gasteiger partial charge in [0.2, 0.25) is 0 Å². The zero-order valence-electron chi connectivity index (χ0n) is 21.3. The molecular formula is C28H31FN8O. The van der Waals surface area contributed by atoms with Crippen LogP contribution in [0.15, 0.2) is 42.9 Å². The van der Waals surface area contributed by atoms with Gasteiger partial charge in [-0.3, -0.25) is 10.1 Å². The molecule has 0 amide bonds. The van der Waals surface area contributed by atoms with Crippen LogP contribution in [0.1, 0.15) is 45.4 Å². The van der Waals surface area contributed by atoms with Crippen LogP contribution in [0.5, 0.6) is 0 Å². The van der Waals surface area contributed by atoms with Gasteiger partial charge >= 0.3 is 0 Å². The predicted octanol–water partition coefficient (Wildman–Crippen LogP) is 5.61. The third-order valence-corrected chi connectivity index (χ3v) is 7.13. The molecule has 0 spiro atoms. The van der Waals surface area contributed by atoms with Gasteiger partial charge in [-0.05, 0) is 50.3 Å². The highest BCUT2D eigenvalue weighted by atomic mass is 19.1. The van der Waals surface area contributed by atoms with E-state index in [1.54, 1.807) is 30.7 Å². The summed E-state index contributed by atoms with van der Waals surface area (Å²) in [5, 5.41) is 21.5. The van der Waals surface area contributed by atoms with Gasteiger partial charge in [-0.2, -0.15) is 5.10 Å². The lowest BCUT2D eigenvalue weighted by molar-refractivity contribution is 0.190. The first kappa shape index (κ1) is 24.3. The number of aromatic amines is 2. The number of hydrogen-bond donors (Lipinski definition) is 4. The Hall–Kier alpha value is -4.05. The number of benzene rings is 1. The molecule has 0 radical (unpaired) electrons. The first-order valence-electron chi connectivity index (χ1n) is 13.3. The van der Waals surface area contributed by atoms with Crippen LogP contribution in [-0.2, 0) is 0 Å². The monoisotopic (exact) mass is 514 g/mol. The topological polar surface area (TPSA) is 119 Å². The summed E-state index contributed by atoms with van der Waals surface area (Å²) in [5.74, 6) is 1.09. The second kappa shape index (κ2) is 10.4. The van der Waals surface area contributed by atoms with Crippen molar-refractivity contribution in [2.45, 2.75) is 51.7 Å². The van der Waals surface area contributed by atoms with E-state index in [1.807, 2.05) is 6.07 Å². The lowest BCUT2D eigenvalue weighted by Crippen LogP contribution is -2.30. The number of halogens is 1. The summed E-state index contributed by atoms with van der Waals surface area (Å²) in [6.45, 7) is 4.02. The molecule has 1 unspecified atom stereocenters. The Bertz CT molecular complexity index is 1570. The number of anilines is 2. The van der Waals surface area contributed by atoms with Crippen LogP contribution in [0.25, 0.3) is 44.6 Å². The Morgan fingerprint density at radius 2 is 2.00 bits per heavy atom. The van der Waals surface area contributed by atoms with Gasteiger partial charge in [-0.25, -0.2) is 14.4 Å². The number of pyridine rings is 2. The molecule has 38 heavy (non-hydrogen) atoms. The first-order chi connectivity index (χ1) is 18.6. The smallest absolute Gasteiger partial charge is 0.159 e. The van der Waals surface area contributed by atoms with Crippen LogP contribution in [0.3, 0.4) is 0 Å². The van der Waals surface area contributed by atoms with E-state index < -0.39 is 6.23 Å². The van der Waals surface area contributed by atoms with Gasteiger partial charge < -0.3 is 20.3 Å². The van der Waals surface area contributed by atoms with Crippen LogP contribution < -0.4 is 10.2 Å². The molecule has 4 aromatic heterocycles. The van der Waals surface area contributed by atoms with E-state index in [0.29, 0.717) is 40.3 Å². The summed E-state index contributed by atoms with van der Waals surface area (Å²) < 4.78 is 15.2. The summed E-state index contributed by atoms with van der Waals surface area (Å²) >= 11 is 0. The maximum absolute atomic E-state index is 15.2. The van der Waals surface area contributed by atoms with E-state index in [9.17, 15) is 5.11 Å². The lowest BCUT2D eigenvalue weighted by atomic mass is 10.0. The zero-order chi connectivity index (χ0) is 26.1. The standard InChI is InChI=1S/C28H31FN8O/c1-2-3-7-24(38)32-18-12-17(15-30-16-18)19-13-20-23(14-21(19)29)35-36-25(20)27-33-22-8-9-31-28(26(22)34-27)37-10-5-4-6-11-37/h8-9,12-16,24,32,38H,2-7,10-11H2,1H3,(H,33,34)(H,35,36). The highest BCUT2D eigenvalue weighted by Crippen LogP contribution is 2.34. The molecule has 9 nitrogen and oxygen atoms in total. The predicted molar refractivity (Wildman–Crippen MR) is 147 cm³/mol. The van der Waals surface area contributed by atoms with Crippen LogP contribution in [0, 0.1) is 5.82 Å². The minimum Gasteiger partial charge on any atom is -0.374 e. The van der Waals surface area contributed by atoms with E-state index in [4.69, 9.17) is 4.98 Å². The molecule has 1 atom stereocenters. The van der Waals surface area contributed by atoms with Crippen molar-refractivity contribution in [3.63, 3.8) is 0 Å². The average Bonchev–Trinajstić information content (AvgIpc) is 3.55. The van der Waals surface area contributed by atoms with Crippen molar-refractivity contribution < 1.29 is 9.50 Å². The minimum absolute atomic E-state index is 0.389. The molecule has 1 aliphatic heterocycles. The molecule has 196 valence electrons. The van der Waals surface area contributed by atoms with Crippen molar-refractivity contribution in [2.75, 3.05) is 23.3 Å². The molecule has 1 saturated heterocycles. The van der Waals surface area contributed by atoms with Gasteiger partial charge in [-0.1, -0.05) is 13.3 Å². The maximum Gasteiger partial charge on any atom is 0.159 e. The molecule has 0 aliphatic carbocycles. The Morgan fingerprint density at radius 3 is 2.84 bits per heavy atom. The van der Waals surface area contributed by atoms with Crippen LogP contribution in [-0.4, -0.2) is 54.6 Å². The molecule has 10 heteroatoms. The van der Waals surface area contributed by atoms with Crippen molar-refractivity contribution in [3.05, 3.63) is 48.7 Å². The Labute approximate surface area is 219 Å². The third-order valence-electron chi connectivity index (χ3n) is 7.13. The first-order valence-corrected chi connectivity index (χ1v) is 13.3. The van der Waals surface area contributed by atoms with E-state index in [-0.39, 0.29) is 5.82 Å². The molecule has 5 aromatic rings. The van der Waals surface area contributed by atoms with Gasteiger partial charge in [-0.15, -0.1) is 0 Å². The highest BCUT2D eigenvalue weighted by molar-refractivity contribution is 5.97. The van der Waals surface area contributed by atoms with Gasteiger partial charge in [0.15, 0.2) is 11.6 Å². The molecule has 6 rings (SSSR count). The average molecular weight is 515 g/mol. The molecule has 0 bridgehead atoms. The molecule has 1 aliphatic rings. The van der Waals surface area contributed by atoms with Gasteiger partial charge in [0.25, 0.3) is 0 Å². The van der Waals surface area contributed by atoms with Crippen molar-refractivity contribution in [2.24, 2.45) is 0 Å². The number of aromatic nitrogens is 6. The maximum atomic E-state index is 15.2. The van der Waals surface area contributed by atoms with Crippen molar-refractivity contribution in [1.82, 2.24) is 30.1 Å². The van der Waals surface area contributed by atoms with Crippen molar-refractivity contribution in [1.29, 1.82) is 0 Å². The Kier molecular flexibility index (Phi) is 6.63. The van der Waals surface area contributed by atoms with Crippen LogP contribution in [0.2, 0.25) is 0 Å². The van der Waals surface area contributed by atoms with Gasteiger partial charge in [0.05, 0.1) is 22.9 Å². The molecule has 0 saturated carbocycles. The molecule has 1 fully saturated rings. The molecule has 4 N–H and O–H groups in total. The molecule has 1 aromatic carbocycles. The van der Waals surface area contributed by atoms with Crippen LogP contribution in [0.4, 0.5) is 15.9 Å². The lowest BCUT2D eigenvalue weighted by Gasteiger charge is -2.27. The Morgan fingerprint density at radius 1 is 1.13 bits per heavy atom. The number of nitrogens with one attached hydrogen (secondary N) is 3. The summed E-state index contributed by atoms with van der Waals surface area (Å²) in [7, 11) is 0. The fourth-order valence-corrected chi connectivity index (χ4v) is 5.14. The van der Waals surface area contributed by atoms with E-state index in [0.717, 1.165) is 61.0 Å². The normalized spacial score (nSPS) is 14.9. The number of aliphatic hydroxyl groups excluding tert-OH is 1. The van der Waals surface area contributed by atoms with Crippen molar-refractivity contribution in [3.8, 4) is 22.6 Å². The Balaban J connectivity index is 1.37. The van der Waals surface area contributed by atoms with Gasteiger partial charge in [0.1, 0.15) is 23.3 Å². The van der Waals surface area contributed by atoms with Gasteiger partial charge in [0, 0.05) is 48.1 Å². The van der Waals surface area contributed by atoms with E-state index >= 15 is 4.39 Å². The number of rotatable bonds is 8. The number of unbranched alkanes of at least 4 members (excludes halogenated alkanes) is 1. The third kappa shape index (κ3) is 4.67. The number of piperidine rings is 1. The van der Waals surface area contributed by atoms with Crippen LogP contribution >= 0.6 is 0 Å². The zero-order valence-corrected chi connectivity index (χ0v) is 21.3. The number of hydrogen-bond acceptors (Lipinski definition) is 7. The largest absolute Gasteiger partial charge is 0.374 e.